The molecule has 0 aromatic rings. The van der Waals surface area contributed by atoms with Crippen LogP contribution in [0.25, 0.3) is 0 Å². The van der Waals surface area contributed by atoms with Gasteiger partial charge in [0, 0.05) is 0 Å². The maximum atomic E-state index is 11.3. The predicted molar refractivity (Wildman–Crippen MR) is 55.7 cm³/mol. The van der Waals surface area contributed by atoms with Crippen molar-refractivity contribution >= 4 is 5.97 Å². The number of nitrogens with two attached hydrogens (primary N) is 1. The first-order chi connectivity index (χ1) is 6.61. The molecule has 3 nitrogen and oxygen atoms in total. The first-order valence-electron chi connectivity index (χ1n) is 5.53. The van der Waals surface area contributed by atoms with Gasteiger partial charge in [0.1, 0.15) is 6.04 Å². The fraction of sp³-hybridized carbons (Fsp3) is 0.909. The number of carbonyl (C=O) groups excluding carboxylic acids is 1. The Morgan fingerprint density at radius 3 is 2.57 bits per heavy atom. The van der Waals surface area contributed by atoms with Crippen LogP contribution in [0.5, 0.6) is 0 Å². The van der Waals surface area contributed by atoms with E-state index in [1.54, 1.807) is 0 Å². The molecule has 0 amide bonds. The molecule has 0 heterocycles. The van der Waals surface area contributed by atoms with Gasteiger partial charge in [0.05, 0.1) is 6.61 Å². The minimum Gasteiger partial charge on any atom is -0.465 e. The second kappa shape index (κ2) is 5.35. The van der Waals surface area contributed by atoms with Crippen molar-refractivity contribution < 1.29 is 9.53 Å². The molecule has 0 aromatic carbocycles. The summed E-state index contributed by atoms with van der Waals surface area (Å²) < 4.78 is 5.11. The molecule has 0 unspecified atom stereocenters. The van der Waals surface area contributed by atoms with Gasteiger partial charge in [0.2, 0.25) is 0 Å². The molecule has 0 aliphatic heterocycles. The Hall–Kier alpha value is -0.570. The normalized spacial score (nSPS) is 19.1. The van der Waals surface area contributed by atoms with Crippen molar-refractivity contribution in [2.45, 2.75) is 45.6 Å². The summed E-state index contributed by atoms with van der Waals surface area (Å²) in [5.41, 5.74) is 5.65. The molecular weight excluding hydrogens is 178 g/mol. The smallest absolute Gasteiger partial charge is 0.323 e. The Balaban J connectivity index is 2.07. The molecule has 0 aromatic heterocycles. The van der Waals surface area contributed by atoms with Crippen LogP contribution in [0.15, 0.2) is 0 Å². The van der Waals surface area contributed by atoms with Gasteiger partial charge in [-0.3, -0.25) is 4.79 Å². The largest absolute Gasteiger partial charge is 0.465 e. The highest BCUT2D eigenvalue weighted by molar-refractivity contribution is 5.75. The van der Waals surface area contributed by atoms with Crippen LogP contribution in [0.2, 0.25) is 0 Å². The molecule has 1 saturated carbocycles. The van der Waals surface area contributed by atoms with Gasteiger partial charge >= 0.3 is 5.97 Å². The van der Waals surface area contributed by atoms with E-state index >= 15 is 0 Å². The van der Waals surface area contributed by atoms with E-state index in [-0.39, 0.29) is 11.9 Å². The fourth-order valence-electron chi connectivity index (χ4n) is 1.48. The van der Waals surface area contributed by atoms with Gasteiger partial charge < -0.3 is 10.5 Å². The Kier molecular flexibility index (Phi) is 4.39. The number of ether oxygens (including phenoxy) is 1. The standard InChI is InChI=1S/C11H21NO2/c1-8(2)10(12)11(13)14-7-6-9-4-3-5-9/h8-10H,3-7,12H2,1-2H3/t10-/m1/s1. The van der Waals surface area contributed by atoms with E-state index in [9.17, 15) is 4.79 Å². The molecule has 0 spiro atoms. The molecular formula is C11H21NO2. The second-order valence-corrected chi connectivity index (χ2v) is 4.52. The summed E-state index contributed by atoms with van der Waals surface area (Å²) in [6.07, 6.45) is 4.95. The highest BCUT2D eigenvalue weighted by Crippen LogP contribution is 2.29. The summed E-state index contributed by atoms with van der Waals surface area (Å²) >= 11 is 0. The third-order valence-electron chi connectivity index (χ3n) is 2.99. The second-order valence-electron chi connectivity index (χ2n) is 4.52. The number of hydrogen-bond donors (Lipinski definition) is 1. The van der Waals surface area contributed by atoms with Crippen molar-refractivity contribution in [1.29, 1.82) is 0 Å². The van der Waals surface area contributed by atoms with Crippen LogP contribution in [-0.4, -0.2) is 18.6 Å². The maximum absolute atomic E-state index is 11.3. The average Bonchev–Trinajstić information content (AvgIpc) is 2.07. The van der Waals surface area contributed by atoms with E-state index in [0.717, 1.165) is 12.3 Å². The minimum absolute atomic E-state index is 0.159. The molecule has 1 fully saturated rings. The lowest BCUT2D eigenvalue weighted by Crippen LogP contribution is -2.37. The van der Waals surface area contributed by atoms with Crippen molar-refractivity contribution in [3.05, 3.63) is 0 Å². The van der Waals surface area contributed by atoms with Crippen LogP contribution in [0.4, 0.5) is 0 Å². The fourth-order valence-corrected chi connectivity index (χ4v) is 1.48. The van der Waals surface area contributed by atoms with Gasteiger partial charge in [0.15, 0.2) is 0 Å². The molecule has 1 aliphatic carbocycles. The monoisotopic (exact) mass is 199 g/mol. The number of carbonyl (C=O) groups is 1. The molecule has 3 heteroatoms. The van der Waals surface area contributed by atoms with E-state index in [1.165, 1.54) is 19.3 Å². The minimum atomic E-state index is -0.462. The molecule has 1 rings (SSSR count). The molecule has 1 aliphatic rings. The first-order valence-corrected chi connectivity index (χ1v) is 5.53. The molecule has 0 bridgehead atoms. The molecule has 1 atom stereocenters. The summed E-state index contributed by atoms with van der Waals surface area (Å²) in [7, 11) is 0. The van der Waals surface area contributed by atoms with E-state index in [4.69, 9.17) is 10.5 Å². The molecule has 2 N–H and O–H groups in total. The van der Waals surface area contributed by atoms with E-state index in [1.807, 2.05) is 13.8 Å². The van der Waals surface area contributed by atoms with Crippen molar-refractivity contribution in [1.82, 2.24) is 0 Å². The zero-order valence-corrected chi connectivity index (χ0v) is 9.16. The van der Waals surface area contributed by atoms with Crippen molar-refractivity contribution in [3.8, 4) is 0 Å². The summed E-state index contributed by atoms with van der Waals surface area (Å²) in [5, 5.41) is 0. The van der Waals surface area contributed by atoms with Gasteiger partial charge in [-0.15, -0.1) is 0 Å². The quantitative estimate of drug-likeness (QED) is 0.686. The van der Waals surface area contributed by atoms with Crippen molar-refractivity contribution in [2.75, 3.05) is 6.61 Å². The molecule has 14 heavy (non-hydrogen) atoms. The summed E-state index contributed by atoms with van der Waals surface area (Å²) in [5.74, 6) is 0.698. The number of rotatable bonds is 5. The van der Waals surface area contributed by atoms with Crippen LogP contribution in [-0.2, 0) is 9.53 Å². The lowest BCUT2D eigenvalue weighted by atomic mass is 9.83. The van der Waals surface area contributed by atoms with Gasteiger partial charge in [-0.25, -0.2) is 0 Å². The predicted octanol–water partition coefficient (Wildman–Crippen LogP) is 1.70. The molecule has 82 valence electrons. The zero-order chi connectivity index (χ0) is 10.6. The summed E-state index contributed by atoms with van der Waals surface area (Å²) in [4.78, 5) is 11.3. The summed E-state index contributed by atoms with van der Waals surface area (Å²) in [6, 6.07) is -0.462. The van der Waals surface area contributed by atoms with Gasteiger partial charge in [-0.2, -0.15) is 0 Å². The Labute approximate surface area is 86.0 Å². The third kappa shape index (κ3) is 3.29. The summed E-state index contributed by atoms with van der Waals surface area (Å²) in [6.45, 7) is 4.40. The van der Waals surface area contributed by atoms with Crippen molar-refractivity contribution in [2.24, 2.45) is 17.6 Å². The van der Waals surface area contributed by atoms with Crippen LogP contribution in [0.3, 0.4) is 0 Å². The maximum Gasteiger partial charge on any atom is 0.323 e. The number of hydrogen-bond acceptors (Lipinski definition) is 3. The van der Waals surface area contributed by atoms with Crippen LogP contribution >= 0.6 is 0 Å². The Bertz CT molecular complexity index is 188. The topological polar surface area (TPSA) is 52.3 Å². The van der Waals surface area contributed by atoms with Gasteiger partial charge in [-0.1, -0.05) is 33.1 Å². The van der Waals surface area contributed by atoms with Crippen LogP contribution in [0.1, 0.15) is 39.5 Å². The van der Waals surface area contributed by atoms with Gasteiger partial charge in [0.25, 0.3) is 0 Å². The number of esters is 1. The van der Waals surface area contributed by atoms with Gasteiger partial charge in [-0.05, 0) is 18.3 Å². The Morgan fingerprint density at radius 2 is 2.14 bits per heavy atom. The zero-order valence-electron chi connectivity index (χ0n) is 9.16. The highest BCUT2D eigenvalue weighted by atomic mass is 16.5. The first kappa shape index (κ1) is 11.5. The van der Waals surface area contributed by atoms with E-state index < -0.39 is 6.04 Å². The van der Waals surface area contributed by atoms with E-state index in [0.29, 0.717) is 6.61 Å². The average molecular weight is 199 g/mol. The Morgan fingerprint density at radius 1 is 1.50 bits per heavy atom. The van der Waals surface area contributed by atoms with Crippen LogP contribution < -0.4 is 5.73 Å². The van der Waals surface area contributed by atoms with E-state index in [2.05, 4.69) is 0 Å². The SMILES string of the molecule is CC(C)[C@@H](N)C(=O)OCCC1CCC1. The van der Waals surface area contributed by atoms with Crippen LogP contribution in [0, 0.1) is 11.8 Å². The highest BCUT2D eigenvalue weighted by Gasteiger charge is 2.21. The van der Waals surface area contributed by atoms with Crippen molar-refractivity contribution in [3.63, 3.8) is 0 Å². The lowest BCUT2D eigenvalue weighted by Gasteiger charge is -2.25. The molecule has 0 saturated heterocycles. The molecule has 0 radical (unpaired) electrons. The third-order valence-corrected chi connectivity index (χ3v) is 2.99. The lowest BCUT2D eigenvalue weighted by molar-refractivity contribution is -0.146.